The zero-order valence-electron chi connectivity index (χ0n) is 11.2. The third-order valence-electron chi connectivity index (χ3n) is 4.31. The Morgan fingerprint density at radius 2 is 2.10 bits per heavy atom. The first-order valence-corrected chi connectivity index (χ1v) is 8.42. The van der Waals surface area contributed by atoms with E-state index in [2.05, 4.69) is 15.9 Å². The molecule has 0 atom stereocenters. The molecule has 1 fully saturated rings. The van der Waals surface area contributed by atoms with Crippen molar-refractivity contribution in [2.24, 2.45) is 5.41 Å². The molecule has 0 radical (unpaired) electrons. The number of nitrogens with zero attached hydrogens (tertiary/aromatic N) is 1. The topological polar surface area (TPSA) is 29.5 Å². The van der Waals surface area contributed by atoms with Crippen LogP contribution in [0.4, 0.5) is 5.69 Å². The van der Waals surface area contributed by atoms with Gasteiger partial charge in [-0.25, -0.2) is 0 Å². The first-order chi connectivity index (χ1) is 9.63. The average molecular weight is 359 g/mol. The zero-order valence-corrected chi connectivity index (χ0v) is 13.5. The fourth-order valence-corrected chi connectivity index (χ4v) is 4.05. The largest absolute Gasteiger partial charge is 0.482 e. The Morgan fingerprint density at radius 1 is 1.35 bits per heavy atom. The Labute approximate surface area is 132 Å². The first kappa shape index (κ1) is 14.2. The number of amides is 1. The lowest BCUT2D eigenvalue weighted by atomic mass is 9.87. The predicted octanol–water partition coefficient (Wildman–Crippen LogP) is 4.02. The molecule has 1 aromatic rings. The zero-order chi connectivity index (χ0) is 14.2. The summed E-state index contributed by atoms with van der Waals surface area (Å²) in [7, 11) is 0. The van der Waals surface area contributed by atoms with E-state index < -0.39 is 0 Å². The highest BCUT2D eigenvalue weighted by atomic mass is 79.9. The van der Waals surface area contributed by atoms with E-state index in [0.29, 0.717) is 5.02 Å². The predicted molar refractivity (Wildman–Crippen MR) is 84.0 cm³/mol. The summed E-state index contributed by atoms with van der Waals surface area (Å²) in [5.74, 6) is 0.767. The third-order valence-corrected chi connectivity index (χ3v) is 5.73. The summed E-state index contributed by atoms with van der Waals surface area (Å²) in [6, 6.07) is 5.46. The van der Waals surface area contributed by atoms with Crippen molar-refractivity contribution in [3.8, 4) is 5.75 Å². The van der Waals surface area contributed by atoms with Crippen LogP contribution >= 0.6 is 27.5 Å². The molecule has 0 unspecified atom stereocenters. The maximum atomic E-state index is 12.3. The quantitative estimate of drug-likeness (QED) is 0.764. The van der Waals surface area contributed by atoms with Crippen LogP contribution in [0.5, 0.6) is 5.75 Å². The van der Waals surface area contributed by atoms with E-state index in [-0.39, 0.29) is 17.9 Å². The molecule has 0 spiro atoms. The summed E-state index contributed by atoms with van der Waals surface area (Å²) in [6.45, 7) is 0.862. The van der Waals surface area contributed by atoms with E-state index in [1.54, 1.807) is 6.07 Å². The Morgan fingerprint density at radius 3 is 2.80 bits per heavy atom. The summed E-state index contributed by atoms with van der Waals surface area (Å²) in [4.78, 5) is 14.1. The highest BCUT2D eigenvalue weighted by Crippen LogP contribution is 2.43. The molecule has 2 aliphatic rings. The Balaban J connectivity index is 1.92. The summed E-state index contributed by atoms with van der Waals surface area (Å²) < 4.78 is 5.49. The SMILES string of the molecule is O=C1COc2ccc(Cl)cc2N1CC1(CBr)CCCC1. The van der Waals surface area contributed by atoms with Crippen LogP contribution in [-0.2, 0) is 4.79 Å². The van der Waals surface area contributed by atoms with Gasteiger partial charge in [-0.05, 0) is 36.5 Å². The number of hydrogen-bond acceptors (Lipinski definition) is 2. The fourth-order valence-electron chi connectivity index (χ4n) is 3.14. The van der Waals surface area contributed by atoms with Gasteiger partial charge in [-0.15, -0.1) is 0 Å². The molecule has 1 saturated carbocycles. The molecular formula is C15H17BrClNO2. The van der Waals surface area contributed by atoms with Crippen molar-refractivity contribution >= 4 is 39.1 Å². The first-order valence-electron chi connectivity index (χ1n) is 6.92. The second kappa shape index (κ2) is 5.57. The molecule has 0 saturated heterocycles. The number of hydrogen-bond donors (Lipinski definition) is 0. The number of carbonyl (C=O) groups is 1. The Kier molecular flexibility index (Phi) is 3.95. The molecule has 3 nitrogen and oxygen atoms in total. The van der Waals surface area contributed by atoms with Gasteiger partial charge in [-0.3, -0.25) is 4.79 Å². The summed E-state index contributed by atoms with van der Waals surface area (Å²) in [5, 5.41) is 1.56. The molecule has 5 heteroatoms. The van der Waals surface area contributed by atoms with E-state index in [9.17, 15) is 4.79 Å². The van der Waals surface area contributed by atoms with Crippen molar-refractivity contribution in [2.45, 2.75) is 25.7 Å². The molecule has 0 N–H and O–H groups in total. The fraction of sp³-hybridized carbons (Fsp3) is 0.533. The molecule has 0 bridgehead atoms. The number of fused-ring (bicyclic) bond motifs is 1. The van der Waals surface area contributed by atoms with Gasteiger partial charge in [0.25, 0.3) is 5.91 Å². The standard InChI is InChI=1S/C15H17BrClNO2/c16-9-15(5-1-2-6-15)10-18-12-7-11(17)3-4-13(12)20-8-14(18)19/h3-4,7H,1-2,5-6,8-10H2. The van der Waals surface area contributed by atoms with Crippen molar-refractivity contribution in [3.63, 3.8) is 0 Å². The lowest BCUT2D eigenvalue weighted by Gasteiger charge is -2.37. The van der Waals surface area contributed by atoms with Gasteiger partial charge in [0.15, 0.2) is 6.61 Å². The minimum Gasteiger partial charge on any atom is -0.482 e. The van der Waals surface area contributed by atoms with Crippen molar-refractivity contribution < 1.29 is 9.53 Å². The van der Waals surface area contributed by atoms with Crippen LogP contribution in [-0.4, -0.2) is 24.4 Å². The van der Waals surface area contributed by atoms with Crippen molar-refractivity contribution in [1.82, 2.24) is 0 Å². The highest BCUT2D eigenvalue weighted by molar-refractivity contribution is 9.09. The van der Waals surface area contributed by atoms with E-state index in [1.165, 1.54) is 25.7 Å². The minimum atomic E-state index is 0.0204. The van der Waals surface area contributed by atoms with Crippen molar-refractivity contribution in [1.29, 1.82) is 0 Å². The van der Waals surface area contributed by atoms with Crippen LogP contribution in [0.3, 0.4) is 0 Å². The van der Waals surface area contributed by atoms with E-state index in [0.717, 1.165) is 23.3 Å². The van der Waals surface area contributed by atoms with Crippen LogP contribution in [0.2, 0.25) is 5.02 Å². The molecule has 108 valence electrons. The lowest BCUT2D eigenvalue weighted by molar-refractivity contribution is -0.121. The second-order valence-corrected chi connectivity index (χ2v) is 6.72. The van der Waals surface area contributed by atoms with Gasteiger partial charge >= 0.3 is 0 Å². The molecule has 20 heavy (non-hydrogen) atoms. The van der Waals surface area contributed by atoms with Gasteiger partial charge in [0.05, 0.1) is 5.69 Å². The number of alkyl halides is 1. The third kappa shape index (κ3) is 2.56. The molecule has 1 heterocycles. The maximum Gasteiger partial charge on any atom is 0.265 e. The molecule has 1 amide bonds. The number of anilines is 1. The van der Waals surface area contributed by atoms with E-state index in [1.807, 2.05) is 17.0 Å². The average Bonchev–Trinajstić information content (AvgIpc) is 2.91. The molecular weight excluding hydrogens is 342 g/mol. The monoisotopic (exact) mass is 357 g/mol. The smallest absolute Gasteiger partial charge is 0.265 e. The second-order valence-electron chi connectivity index (χ2n) is 5.72. The molecule has 3 rings (SSSR count). The van der Waals surface area contributed by atoms with Gasteiger partial charge in [-0.2, -0.15) is 0 Å². The molecule has 1 aliphatic heterocycles. The number of rotatable bonds is 3. The summed E-state index contributed by atoms with van der Waals surface area (Å²) >= 11 is 9.71. The van der Waals surface area contributed by atoms with Crippen molar-refractivity contribution in [3.05, 3.63) is 23.2 Å². The van der Waals surface area contributed by atoms with E-state index in [4.69, 9.17) is 16.3 Å². The Hall–Kier alpha value is -0.740. The molecule has 0 aromatic heterocycles. The van der Waals surface area contributed by atoms with Gasteiger partial charge in [0.1, 0.15) is 5.75 Å². The molecule has 1 aromatic carbocycles. The van der Waals surface area contributed by atoms with Gasteiger partial charge in [-0.1, -0.05) is 40.4 Å². The van der Waals surface area contributed by atoms with Crippen LogP contribution in [0, 0.1) is 5.41 Å². The number of carbonyl (C=O) groups excluding carboxylic acids is 1. The van der Waals surface area contributed by atoms with Crippen LogP contribution in [0.25, 0.3) is 0 Å². The number of ether oxygens (including phenoxy) is 1. The molecule has 1 aliphatic carbocycles. The number of halogens is 2. The summed E-state index contributed by atoms with van der Waals surface area (Å²) in [6.07, 6.45) is 4.82. The lowest BCUT2D eigenvalue weighted by Crippen LogP contribution is -2.45. The van der Waals surface area contributed by atoms with Gasteiger partial charge in [0.2, 0.25) is 0 Å². The minimum absolute atomic E-state index is 0.0204. The van der Waals surface area contributed by atoms with Crippen LogP contribution in [0.1, 0.15) is 25.7 Å². The summed E-state index contributed by atoms with van der Waals surface area (Å²) in [5.41, 5.74) is 0.994. The van der Waals surface area contributed by atoms with E-state index >= 15 is 0 Å². The maximum absolute atomic E-state index is 12.3. The van der Waals surface area contributed by atoms with Gasteiger partial charge in [0, 0.05) is 16.9 Å². The highest BCUT2D eigenvalue weighted by Gasteiger charge is 2.38. The van der Waals surface area contributed by atoms with Crippen LogP contribution in [0.15, 0.2) is 18.2 Å². The Bertz CT molecular complexity index is 529. The van der Waals surface area contributed by atoms with Crippen molar-refractivity contribution in [2.75, 3.05) is 23.4 Å². The number of benzene rings is 1. The van der Waals surface area contributed by atoms with Crippen LogP contribution < -0.4 is 9.64 Å². The van der Waals surface area contributed by atoms with Gasteiger partial charge < -0.3 is 9.64 Å². The normalized spacial score (nSPS) is 20.7.